The van der Waals surface area contributed by atoms with Crippen molar-refractivity contribution < 1.29 is 38.2 Å². The van der Waals surface area contributed by atoms with Crippen molar-refractivity contribution in [2.24, 2.45) is 5.92 Å². The molecule has 4 rings (SSSR count). The third kappa shape index (κ3) is 9.08. The van der Waals surface area contributed by atoms with Crippen molar-refractivity contribution >= 4 is 40.4 Å². The van der Waals surface area contributed by atoms with E-state index in [0.717, 1.165) is 19.3 Å². The minimum atomic E-state index is -1.08. The van der Waals surface area contributed by atoms with E-state index < -0.39 is 47.2 Å². The molecule has 1 unspecified atom stereocenters. The lowest BCUT2D eigenvalue weighted by molar-refractivity contribution is -0.141. The number of pyridine rings is 1. The lowest BCUT2D eigenvalue weighted by atomic mass is 10.0. The zero-order chi connectivity index (χ0) is 36.8. The Bertz CT molecular complexity index is 1650. The number of hydrogen-bond acceptors (Lipinski definition) is 9. The number of rotatable bonds is 16. The Hall–Kier alpha value is -4.74. The number of ether oxygens (including phenoxy) is 3. The van der Waals surface area contributed by atoms with Gasteiger partial charge in [0, 0.05) is 36.8 Å². The van der Waals surface area contributed by atoms with Crippen LogP contribution in [0.2, 0.25) is 0 Å². The van der Waals surface area contributed by atoms with Crippen LogP contribution in [0.25, 0.3) is 10.9 Å². The number of aromatic nitrogens is 1. The number of benzene rings is 1. The molecule has 2 N–H and O–H groups in total. The lowest BCUT2D eigenvalue weighted by Gasteiger charge is -2.30. The first-order chi connectivity index (χ1) is 23.6. The van der Waals surface area contributed by atoms with E-state index in [2.05, 4.69) is 28.8 Å². The summed E-state index contributed by atoms with van der Waals surface area (Å²) in [6, 6.07) is 4.78. The summed E-state index contributed by atoms with van der Waals surface area (Å²) in [7, 11) is 1.53. The number of unbranched alkanes of at least 4 members (excludes halogenated alkanes) is 3. The van der Waals surface area contributed by atoms with Crippen LogP contribution in [0.5, 0.6) is 11.5 Å². The SMILES string of the molecule is C=CCCCCC[C@H](NC(=O)OC(C)(C)C)C(=O)N1C[C@H](Oc2cc(C(C)=O)nc3cc(OC)ccc23)C[C@H]1C(=O)N[C@]1(C(C)=O)CC1C=C. The minimum Gasteiger partial charge on any atom is -0.497 e. The van der Waals surface area contributed by atoms with Crippen molar-refractivity contribution in [3.8, 4) is 11.5 Å². The lowest BCUT2D eigenvalue weighted by Crippen LogP contribution is -2.56. The molecule has 5 atom stereocenters. The fourth-order valence-corrected chi connectivity index (χ4v) is 6.37. The second-order valence-electron chi connectivity index (χ2n) is 14.1. The zero-order valence-electron chi connectivity index (χ0n) is 30.0. The number of hydrogen-bond donors (Lipinski definition) is 2. The first-order valence-electron chi connectivity index (χ1n) is 17.1. The van der Waals surface area contributed by atoms with Crippen LogP contribution in [0.1, 0.15) is 90.1 Å². The van der Waals surface area contributed by atoms with E-state index in [1.54, 1.807) is 51.1 Å². The van der Waals surface area contributed by atoms with Gasteiger partial charge >= 0.3 is 6.09 Å². The van der Waals surface area contributed by atoms with E-state index in [4.69, 9.17) is 14.2 Å². The number of alkyl carbamates (subject to hydrolysis) is 1. The third-order valence-electron chi connectivity index (χ3n) is 9.15. The summed E-state index contributed by atoms with van der Waals surface area (Å²) < 4.78 is 17.3. The standard InChI is InChI=1S/C38H50N4O8/c1-9-11-12-13-14-15-29(40-36(47)50-37(5,6)7)35(46)42-22-27(19-32(42)34(45)41-38(24(4)44)21-25(38)10-2)49-33-20-30(23(3)43)39-31-18-26(48-8)16-17-28(31)33/h9-10,16-18,20,25,27,29,32H,1-2,11-15,19,21-22H2,3-8H3,(H,40,47)(H,41,45)/t25?,27-,29+,32+,38+/m1/s1. The average Bonchev–Trinajstić information content (AvgIpc) is 3.62. The summed E-state index contributed by atoms with van der Waals surface area (Å²) in [4.78, 5) is 72.4. The third-order valence-corrected chi connectivity index (χ3v) is 9.15. The molecule has 2 aliphatic rings. The number of fused-ring (bicyclic) bond motifs is 1. The highest BCUT2D eigenvalue weighted by molar-refractivity contribution is 5.99. The quantitative estimate of drug-likeness (QED) is 0.133. The Labute approximate surface area is 294 Å². The van der Waals surface area contributed by atoms with Gasteiger partial charge in [-0.2, -0.15) is 0 Å². The molecule has 0 bridgehead atoms. The molecular formula is C38H50N4O8. The van der Waals surface area contributed by atoms with Crippen LogP contribution < -0.4 is 20.1 Å². The molecule has 12 heteroatoms. The summed E-state index contributed by atoms with van der Waals surface area (Å²) in [6.45, 7) is 15.6. The summed E-state index contributed by atoms with van der Waals surface area (Å²) >= 11 is 0. The molecular weight excluding hydrogens is 640 g/mol. The van der Waals surface area contributed by atoms with Crippen LogP contribution in [-0.4, -0.2) is 82.3 Å². The van der Waals surface area contributed by atoms with Crippen LogP contribution in [-0.2, 0) is 19.1 Å². The number of Topliss-reactive ketones (excluding diaryl/α,β-unsaturated/α-hetero) is 2. The normalized spacial score (nSPS) is 21.9. The predicted octanol–water partition coefficient (Wildman–Crippen LogP) is 5.47. The molecule has 1 saturated heterocycles. The average molecular weight is 691 g/mol. The summed E-state index contributed by atoms with van der Waals surface area (Å²) in [5, 5.41) is 6.29. The molecule has 3 amide bonds. The molecule has 12 nitrogen and oxygen atoms in total. The molecule has 2 aromatic rings. The first kappa shape index (κ1) is 38.1. The fourth-order valence-electron chi connectivity index (χ4n) is 6.37. The van der Waals surface area contributed by atoms with Gasteiger partial charge in [-0.05, 0) is 65.5 Å². The van der Waals surface area contributed by atoms with Crippen LogP contribution >= 0.6 is 0 Å². The fraction of sp³-hybridized carbons (Fsp3) is 0.526. The number of likely N-dealkylation sites (tertiary alicyclic amines) is 1. The van der Waals surface area contributed by atoms with E-state index in [0.29, 0.717) is 41.7 Å². The van der Waals surface area contributed by atoms with Gasteiger partial charge in [-0.1, -0.05) is 25.0 Å². The highest BCUT2D eigenvalue weighted by atomic mass is 16.6. The van der Waals surface area contributed by atoms with Gasteiger partial charge in [0.1, 0.15) is 46.5 Å². The molecule has 50 heavy (non-hydrogen) atoms. The van der Waals surface area contributed by atoms with Gasteiger partial charge in [0.2, 0.25) is 11.8 Å². The van der Waals surface area contributed by atoms with E-state index in [1.165, 1.54) is 25.9 Å². The zero-order valence-corrected chi connectivity index (χ0v) is 30.0. The van der Waals surface area contributed by atoms with Crippen LogP contribution in [0.15, 0.2) is 49.6 Å². The van der Waals surface area contributed by atoms with Gasteiger partial charge in [0.15, 0.2) is 11.6 Å². The number of carbonyl (C=O) groups excluding carboxylic acids is 5. The Kier molecular flexibility index (Phi) is 12.1. The Morgan fingerprint density at radius 2 is 1.84 bits per heavy atom. The van der Waals surface area contributed by atoms with Crippen LogP contribution in [0.4, 0.5) is 4.79 Å². The highest BCUT2D eigenvalue weighted by Crippen LogP contribution is 2.45. The van der Waals surface area contributed by atoms with Crippen molar-refractivity contribution in [2.45, 2.75) is 109 Å². The number of allylic oxidation sites excluding steroid dienone is 1. The Morgan fingerprint density at radius 1 is 1.10 bits per heavy atom. The first-order valence-corrected chi connectivity index (χ1v) is 17.1. The van der Waals surface area contributed by atoms with Gasteiger partial charge < -0.3 is 29.7 Å². The number of ketones is 2. The largest absolute Gasteiger partial charge is 0.497 e. The topological polar surface area (TPSA) is 153 Å². The van der Waals surface area contributed by atoms with Crippen molar-refractivity contribution in [3.05, 3.63) is 55.3 Å². The molecule has 1 aromatic heterocycles. The monoisotopic (exact) mass is 690 g/mol. The molecule has 1 aromatic carbocycles. The number of nitrogens with one attached hydrogen (secondary N) is 2. The molecule has 1 aliphatic heterocycles. The van der Waals surface area contributed by atoms with Gasteiger partial charge in [0.05, 0.1) is 19.2 Å². The van der Waals surface area contributed by atoms with Crippen molar-refractivity contribution in [1.29, 1.82) is 0 Å². The summed E-state index contributed by atoms with van der Waals surface area (Å²) in [5.41, 5.74) is -1.20. The van der Waals surface area contributed by atoms with Crippen molar-refractivity contribution in [2.75, 3.05) is 13.7 Å². The number of nitrogens with zero attached hydrogens (tertiary/aromatic N) is 2. The minimum absolute atomic E-state index is 0.00716. The van der Waals surface area contributed by atoms with Gasteiger partial charge in [-0.15, -0.1) is 13.2 Å². The van der Waals surface area contributed by atoms with E-state index in [1.807, 2.05) is 6.08 Å². The van der Waals surface area contributed by atoms with Gasteiger partial charge in [-0.3, -0.25) is 19.2 Å². The van der Waals surface area contributed by atoms with Gasteiger partial charge in [0.25, 0.3) is 0 Å². The van der Waals surface area contributed by atoms with Crippen LogP contribution in [0, 0.1) is 5.92 Å². The molecule has 1 saturated carbocycles. The number of amides is 3. The number of carbonyl (C=O) groups is 5. The smallest absolute Gasteiger partial charge is 0.408 e. The van der Waals surface area contributed by atoms with E-state index >= 15 is 0 Å². The maximum atomic E-state index is 14.4. The van der Waals surface area contributed by atoms with Crippen molar-refractivity contribution in [1.82, 2.24) is 20.5 Å². The highest BCUT2D eigenvalue weighted by Gasteiger charge is 2.58. The Balaban J connectivity index is 1.67. The van der Waals surface area contributed by atoms with Crippen molar-refractivity contribution in [3.63, 3.8) is 0 Å². The predicted molar refractivity (Wildman–Crippen MR) is 189 cm³/mol. The molecule has 2 fully saturated rings. The van der Waals surface area contributed by atoms with Crippen LogP contribution in [0.3, 0.4) is 0 Å². The maximum Gasteiger partial charge on any atom is 0.408 e. The Morgan fingerprint density at radius 3 is 2.44 bits per heavy atom. The molecule has 1 aliphatic carbocycles. The summed E-state index contributed by atoms with van der Waals surface area (Å²) in [5.74, 6) is -0.729. The molecule has 270 valence electrons. The number of methoxy groups -OCH3 is 1. The van der Waals surface area contributed by atoms with E-state index in [9.17, 15) is 24.0 Å². The second-order valence-corrected chi connectivity index (χ2v) is 14.1. The summed E-state index contributed by atoms with van der Waals surface area (Å²) in [6.07, 6.45) is 6.06. The molecule has 0 spiro atoms. The molecule has 0 radical (unpaired) electrons. The maximum absolute atomic E-state index is 14.4. The van der Waals surface area contributed by atoms with Gasteiger partial charge in [-0.25, -0.2) is 9.78 Å². The molecule has 2 heterocycles. The van der Waals surface area contributed by atoms with E-state index in [-0.39, 0.29) is 36.1 Å². The second kappa shape index (κ2) is 15.9.